The highest BCUT2D eigenvalue weighted by molar-refractivity contribution is 6.05. The molecule has 0 unspecified atom stereocenters. The van der Waals surface area contributed by atoms with Crippen molar-refractivity contribution in [3.05, 3.63) is 28.3 Å². The summed E-state index contributed by atoms with van der Waals surface area (Å²) in [4.78, 5) is 24.6. The molecule has 1 fully saturated rings. The molecule has 25 heavy (non-hydrogen) atoms. The van der Waals surface area contributed by atoms with Gasteiger partial charge >= 0.3 is 0 Å². The molecule has 3 rings (SSSR count). The minimum atomic E-state index is -0.469. The van der Waals surface area contributed by atoms with Crippen LogP contribution in [0.2, 0.25) is 0 Å². The third-order valence-corrected chi connectivity index (χ3v) is 5.76. The lowest BCUT2D eigenvalue weighted by atomic mass is 9.75. The Morgan fingerprint density at radius 2 is 1.80 bits per heavy atom. The highest BCUT2D eigenvalue weighted by Crippen LogP contribution is 2.42. The molecule has 0 spiro atoms. The maximum atomic E-state index is 12.4. The zero-order valence-electron chi connectivity index (χ0n) is 15.1. The third kappa shape index (κ3) is 3.43. The average Bonchev–Trinajstić information content (AvgIpc) is 2.65. The standard InChI is InChI=1S/C20H29N3O2/c1-2-17(24)23(22)16-12-14-10-6-7-11-15(14)18(19(16)20(21)25)13-8-4-3-5-9-13/h12-13H,2-11,22H2,1H3,(H2,21,25). The fraction of sp³-hybridized carbons (Fsp3) is 0.600. The molecule has 5 heteroatoms. The van der Waals surface area contributed by atoms with Gasteiger partial charge in [0.15, 0.2) is 0 Å². The van der Waals surface area contributed by atoms with Crippen LogP contribution in [-0.4, -0.2) is 11.8 Å². The van der Waals surface area contributed by atoms with Crippen molar-refractivity contribution in [2.24, 2.45) is 11.6 Å². The van der Waals surface area contributed by atoms with Crippen LogP contribution >= 0.6 is 0 Å². The number of nitrogens with zero attached hydrogens (tertiary/aromatic N) is 1. The second kappa shape index (κ2) is 7.56. The largest absolute Gasteiger partial charge is 0.366 e. The van der Waals surface area contributed by atoms with Gasteiger partial charge < -0.3 is 5.73 Å². The smallest absolute Gasteiger partial charge is 0.251 e. The SMILES string of the molecule is CCC(=O)N(N)c1cc2c(c(C3CCCCC3)c1C(N)=O)CCCC2. The van der Waals surface area contributed by atoms with Crippen molar-refractivity contribution in [2.75, 3.05) is 5.01 Å². The molecule has 136 valence electrons. The summed E-state index contributed by atoms with van der Waals surface area (Å²) in [5, 5.41) is 1.14. The second-order valence-corrected chi connectivity index (χ2v) is 7.35. The molecule has 4 N–H and O–H groups in total. The Hall–Kier alpha value is -1.88. The number of aryl methyl sites for hydroxylation is 1. The molecule has 0 aliphatic heterocycles. The van der Waals surface area contributed by atoms with Gasteiger partial charge in [-0.2, -0.15) is 0 Å². The molecule has 1 saturated carbocycles. The molecule has 5 nitrogen and oxygen atoms in total. The normalized spacial score (nSPS) is 17.8. The fourth-order valence-electron chi connectivity index (χ4n) is 4.52. The molecule has 2 amide bonds. The van der Waals surface area contributed by atoms with Gasteiger partial charge in [-0.15, -0.1) is 0 Å². The Kier molecular flexibility index (Phi) is 5.42. The number of carbonyl (C=O) groups excluding carboxylic acids is 2. The van der Waals surface area contributed by atoms with Crippen molar-refractivity contribution < 1.29 is 9.59 Å². The van der Waals surface area contributed by atoms with Crippen LogP contribution in [-0.2, 0) is 17.6 Å². The van der Waals surface area contributed by atoms with Crippen LogP contribution in [0.1, 0.15) is 91.3 Å². The number of carbonyl (C=O) groups is 2. The Bertz CT molecular complexity index is 678. The first-order valence-electron chi connectivity index (χ1n) is 9.60. The van der Waals surface area contributed by atoms with E-state index in [0.717, 1.165) is 49.1 Å². The van der Waals surface area contributed by atoms with E-state index in [4.69, 9.17) is 11.6 Å². The number of rotatable bonds is 4. The molecule has 0 atom stereocenters. The third-order valence-electron chi connectivity index (χ3n) is 5.76. The molecule has 0 bridgehead atoms. The van der Waals surface area contributed by atoms with Crippen molar-refractivity contribution in [2.45, 2.75) is 77.0 Å². The Morgan fingerprint density at radius 1 is 1.12 bits per heavy atom. The van der Waals surface area contributed by atoms with E-state index in [1.54, 1.807) is 6.92 Å². The summed E-state index contributed by atoms with van der Waals surface area (Å²) in [6, 6.07) is 1.94. The van der Waals surface area contributed by atoms with Crippen molar-refractivity contribution >= 4 is 17.5 Å². The van der Waals surface area contributed by atoms with Gasteiger partial charge in [0.25, 0.3) is 5.91 Å². The van der Waals surface area contributed by atoms with Crippen molar-refractivity contribution in [3.63, 3.8) is 0 Å². The van der Waals surface area contributed by atoms with Crippen molar-refractivity contribution in [1.29, 1.82) is 0 Å². The molecular formula is C20H29N3O2. The molecule has 0 heterocycles. The molecule has 0 aromatic heterocycles. The number of hydrazine groups is 1. The fourth-order valence-corrected chi connectivity index (χ4v) is 4.52. The number of fused-ring (bicyclic) bond motifs is 1. The quantitative estimate of drug-likeness (QED) is 0.499. The Labute approximate surface area is 149 Å². The van der Waals surface area contributed by atoms with E-state index in [9.17, 15) is 9.59 Å². The van der Waals surface area contributed by atoms with Crippen molar-refractivity contribution in [1.82, 2.24) is 0 Å². The lowest BCUT2D eigenvalue weighted by Crippen LogP contribution is -2.39. The number of hydrogen-bond donors (Lipinski definition) is 2. The van der Waals surface area contributed by atoms with Gasteiger partial charge in [-0.1, -0.05) is 26.2 Å². The maximum absolute atomic E-state index is 12.4. The minimum absolute atomic E-state index is 0.201. The first-order chi connectivity index (χ1) is 12.0. The number of primary amides is 1. The van der Waals surface area contributed by atoms with Gasteiger partial charge in [-0.25, -0.2) is 10.9 Å². The van der Waals surface area contributed by atoms with Crippen LogP contribution in [0.25, 0.3) is 0 Å². The first kappa shape index (κ1) is 17.9. The van der Waals surface area contributed by atoms with Crippen LogP contribution < -0.4 is 16.6 Å². The molecule has 2 aliphatic rings. The van der Waals surface area contributed by atoms with Crippen LogP contribution in [0.15, 0.2) is 6.07 Å². The van der Waals surface area contributed by atoms with Crippen LogP contribution in [0.4, 0.5) is 5.69 Å². The summed E-state index contributed by atoms with van der Waals surface area (Å²) in [7, 11) is 0. The van der Waals surface area contributed by atoms with E-state index in [2.05, 4.69) is 0 Å². The topological polar surface area (TPSA) is 89.4 Å². The summed E-state index contributed by atoms with van der Waals surface area (Å²) in [6.45, 7) is 1.77. The average molecular weight is 343 g/mol. The van der Waals surface area contributed by atoms with Crippen LogP contribution in [0.3, 0.4) is 0 Å². The van der Waals surface area contributed by atoms with Gasteiger partial charge in [-0.05, 0) is 67.2 Å². The number of amides is 2. The minimum Gasteiger partial charge on any atom is -0.366 e. The van der Waals surface area contributed by atoms with E-state index < -0.39 is 5.91 Å². The van der Waals surface area contributed by atoms with Gasteiger partial charge in [0.1, 0.15) is 0 Å². The van der Waals surface area contributed by atoms with Crippen LogP contribution in [0.5, 0.6) is 0 Å². The van der Waals surface area contributed by atoms with E-state index in [1.807, 2.05) is 6.07 Å². The predicted octanol–water partition coefficient (Wildman–Crippen LogP) is 3.33. The highest BCUT2D eigenvalue weighted by Gasteiger charge is 2.31. The summed E-state index contributed by atoms with van der Waals surface area (Å²) in [5.41, 5.74) is 10.4. The molecule has 0 radical (unpaired) electrons. The summed E-state index contributed by atoms with van der Waals surface area (Å²) in [6.07, 6.45) is 10.3. The zero-order valence-corrected chi connectivity index (χ0v) is 15.1. The summed E-state index contributed by atoms with van der Waals surface area (Å²) in [5.74, 6) is 5.78. The number of anilines is 1. The molecule has 1 aromatic carbocycles. The van der Waals surface area contributed by atoms with Gasteiger partial charge in [0, 0.05) is 6.42 Å². The predicted molar refractivity (Wildman–Crippen MR) is 99.4 cm³/mol. The van der Waals surface area contributed by atoms with Gasteiger partial charge in [0.2, 0.25) is 5.91 Å². The maximum Gasteiger partial charge on any atom is 0.251 e. The molecule has 1 aromatic rings. The second-order valence-electron chi connectivity index (χ2n) is 7.35. The van der Waals surface area contributed by atoms with Gasteiger partial charge in [0.05, 0.1) is 11.3 Å². The van der Waals surface area contributed by atoms with Crippen molar-refractivity contribution in [3.8, 4) is 0 Å². The monoisotopic (exact) mass is 343 g/mol. The number of nitrogens with two attached hydrogens (primary N) is 2. The lowest BCUT2D eigenvalue weighted by Gasteiger charge is -2.32. The Balaban J connectivity index is 2.21. The zero-order chi connectivity index (χ0) is 18.0. The summed E-state index contributed by atoms with van der Waals surface area (Å²) >= 11 is 0. The number of benzene rings is 1. The number of hydrogen-bond acceptors (Lipinski definition) is 3. The lowest BCUT2D eigenvalue weighted by molar-refractivity contribution is -0.118. The first-order valence-corrected chi connectivity index (χ1v) is 9.60. The Morgan fingerprint density at radius 3 is 2.44 bits per heavy atom. The van der Waals surface area contributed by atoms with E-state index in [-0.39, 0.29) is 5.91 Å². The van der Waals surface area contributed by atoms with Gasteiger partial charge in [-0.3, -0.25) is 9.59 Å². The van der Waals surface area contributed by atoms with E-state index >= 15 is 0 Å². The van der Waals surface area contributed by atoms with E-state index in [0.29, 0.717) is 23.6 Å². The van der Waals surface area contributed by atoms with Crippen LogP contribution in [0, 0.1) is 0 Å². The molecule has 2 aliphatic carbocycles. The molecular weight excluding hydrogens is 314 g/mol. The highest BCUT2D eigenvalue weighted by atomic mass is 16.2. The van der Waals surface area contributed by atoms with E-state index in [1.165, 1.54) is 30.4 Å². The summed E-state index contributed by atoms with van der Waals surface area (Å²) < 4.78 is 0. The molecule has 0 saturated heterocycles.